The van der Waals surface area contributed by atoms with E-state index < -0.39 is 5.97 Å². The molecule has 0 fully saturated rings. The van der Waals surface area contributed by atoms with E-state index in [1.807, 2.05) is 6.07 Å². The fraction of sp³-hybridized carbons (Fsp3) is 0.467. The van der Waals surface area contributed by atoms with Crippen LogP contribution in [0.25, 0.3) is 11.0 Å². The minimum absolute atomic E-state index is 0.0769. The Morgan fingerprint density at radius 2 is 1.95 bits per heavy atom. The molecule has 0 saturated carbocycles. The standard InChI is InChI=1S/C15H19BrN2O4/c1-22-11-4-5-12-13(10-11)17(8-3-2-7-16)15(21)18(12)9-6-14(19)20/h4-5,10H,2-3,6-9H2,1H3,(H,19,20). The lowest BCUT2D eigenvalue weighted by Crippen LogP contribution is -2.25. The Labute approximate surface area is 136 Å². The molecule has 0 atom stereocenters. The van der Waals surface area contributed by atoms with Crippen LogP contribution < -0.4 is 10.4 Å². The molecule has 1 heterocycles. The fourth-order valence-corrected chi connectivity index (χ4v) is 2.83. The molecule has 7 heteroatoms. The number of benzene rings is 1. The number of carboxylic acids is 1. The molecule has 2 rings (SSSR count). The molecular weight excluding hydrogens is 352 g/mol. The lowest BCUT2D eigenvalue weighted by molar-refractivity contribution is -0.137. The van der Waals surface area contributed by atoms with Crippen molar-refractivity contribution < 1.29 is 14.6 Å². The summed E-state index contributed by atoms with van der Waals surface area (Å²) in [6, 6.07) is 5.41. The van der Waals surface area contributed by atoms with Gasteiger partial charge in [0.2, 0.25) is 0 Å². The smallest absolute Gasteiger partial charge is 0.329 e. The van der Waals surface area contributed by atoms with Gasteiger partial charge in [0.25, 0.3) is 0 Å². The van der Waals surface area contributed by atoms with Crippen LogP contribution in [0.4, 0.5) is 0 Å². The van der Waals surface area contributed by atoms with Gasteiger partial charge >= 0.3 is 11.7 Å². The van der Waals surface area contributed by atoms with Crippen molar-refractivity contribution in [2.45, 2.75) is 32.4 Å². The maximum atomic E-state index is 12.6. The summed E-state index contributed by atoms with van der Waals surface area (Å²) in [5, 5.41) is 9.74. The van der Waals surface area contributed by atoms with E-state index in [4.69, 9.17) is 9.84 Å². The first-order valence-electron chi connectivity index (χ1n) is 7.13. The van der Waals surface area contributed by atoms with E-state index in [0.717, 1.165) is 29.2 Å². The van der Waals surface area contributed by atoms with Crippen LogP contribution in [-0.2, 0) is 17.9 Å². The zero-order valence-electron chi connectivity index (χ0n) is 12.4. The summed E-state index contributed by atoms with van der Waals surface area (Å²) in [5.41, 5.74) is 1.36. The Morgan fingerprint density at radius 1 is 1.23 bits per heavy atom. The maximum absolute atomic E-state index is 12.6. The van der Waals surface area contributed by atoms with E-state index in [9.17, 15) is 9.59 Å². The molecule has 6 nitrogen and oxygen atoms in total. The van der Waals surface area contributed by atoms with Crippen molar-refractivity contribution in [3.05, 3.63) is 28.7 Å². The van der Waals surface area contributed by atoms with Gasteiger partial charge in [-0.25, -0.2) is 4.79 Å². The summed E-state index contributed by atoms with van der Waals surface area (Å²) in [6.45, 7) is 0.774. The molecule has 2 aromatic rings. The van der Waals surface area contributed by atoms with E-state index >= 15 is 0 Å². The number of halogens is 1. The van der Waals surface area contributed by atoms with Crippen molar-refractivity contribution in [1.82, 2.24) is 9.13 Å². The highest BCUT2D eigenvalue weighted by atomic mass is 79.9. The Kier molecular flexibility index (Phi) is 5.65. The normalized spacial score (nSPS) is 11.0. The zero-order chi connectivity index (χ0) is 16.1. The van der Waals surface area contributed by atoms with Crippen molar-refractivity contribution in [2.24, 2.45) is 0 Å². The van der Waals surface area contributed by atoms with Crippen LogP contribution in [0.2, 0.25) is 0 Å². The third-order valence-electron chi connectivity index (χ3n) is 3.54. The fourth-order valence-electron chi connectivity index (χ4n) is 2.43. The summed E-state index contributed by atoms with van der Waals surface area (Å²) in [6.07, 6.45) is 1.77. The number of imidazole rings is 1. The molecule has 1 N–H and O–H groups in total. The number of methoxy groups -OCH3 is 1. The molecule has 1 aromatic heterocycles. The quantitative estimate of drug-likeness (QED) is 0.572. The van der Waals surface area contributed by atoms with Gasteiger partial charge in [0.15, 0.2) is 0 Å². The van der Waals surface area contributed by atoms with Crippen molar-refractivity contribution in [1.29, 1.82) is 0 Å². The number of fused-ring (bicyclic) bond motifs is 1. The van der Waals surface area contributed by atoms with E-state index in [2.05, 4.69) is 15.9 Å². The largest absolute Gasteiger partial charge is 0.497 e. The van der Waals surface area contributed by atoms with E-state index in [1.54, 1.807) is 23.8 Å². The van der Waals surface area contributed by atoms with Crippen LogP contribution in [0, 0.1) is 0 Å². The first-order chi connectivity index (χ1) is 10.6. The second-order valence-corrected chi connectivity index (χ2v) is 5.77. The highest BCUT2D eigenvalue weighted by molar-refractivity contribution is 9.09. The lowest BCUT2D eigenvalue weighted by atomic mass is 10.2. The summed E-state index contributed by atoms with van der Waals surface area (Å²) in [7, 11) is 1.58. The minimum Gasteiger partial charge on any atom is -0.497 e. The van der Waals surface area contributed by atoms with Gasteiger partial charge in [0, 0.05) is 24.5 Å². The number of ether oxygens (including phenoxy) is 1. The number of unbranched alkanes of at least 4 members (excludes halogenated alkanes) is 1. The first kappa shape index (κ1) is 16.6. The van der Waals surface area contributed by atoms with Crippen LogP contribution in [-0.4, -0.2) is 32.6 Å². The first-order valence-corrected chi connectivity index (χ1v) is 8.25. The number of aryl methyl sites for hydroxylation is 2. The van der Waals surface area contributed by atoms with Gasteiger partial charge in [-0.05, 0) is 25.0 Å². The van der Waals surface area contributed by atoms with Gasteiger partial charge in [0.1, 0.15) is 5.75 Å². The second kappa shape index (κ2) is 7.49. The van der Waals surface area contributed by atoms with E-state index in [-0.39, 0.29) is 18.7 Å². The highest BCUT2D eigenvalue weighted by Crippen LogP contribution is 2.21. The van der Waals surface area contributed by atoms with Gasteiger partial charge in [-0.1, -0.05) is 15.9 Å². The SMILES string of the molecule is COc1ccc2c(c1)n(CCCCBr)c(=O)n2CCC(=O)O. The summed E-state index contributed by atoms with van der Waals surface area (Å²) in [5.74, 6) is -0.238. The number of aromatic nitrogens is 2. The van der Waals surface area contributed by atoms with Crippen molar-refractivity contribution in [3.63, 3.8) is 0 Å². The number of hydrogen-bond acceptors (Lipinski definition) is 3. The molecule has 0 aliphatic rings. The summed E-state index contributed by atoms with van der Waals surface area (Å²) >= 11 is 3.38. The molecule has 0 amide bonds. The minimum atomic E-state index is -0.916. The van der Waals surface area contributed by atoms with Crippen molar-refractivity contribution >= 4 is 32.9 Å². The number of aliphatic carboxylic acids is 1. The van der Waals surface area contributed by atoms with E-state index in [0.29, 0.717) is 12.3 Å². The number of carbonyl (C=O) groups is 1. The lowest BCUT2D eigenvalue weighted by Gasteiger charge is -2.04. The summed E-state index contributed by atoms with van der Waals surface area (Å²) < 4.78 is 8.45. The number of hydrogen-bond donors (Lipinski definition) is 1. The number of alkyl halides is 1. The van der Waals surface area contributed by atoms with Gasteiger partial charge in [-0.15, -0.1) is 0 Å². The number of carboxylic acid groups (broad SMARTS) is 1. The predicted octanol–water partition coefficient (Wildman–Crippen LogP) is 2.46. The van der Waals surface area contributed by atoms with Crippen molar-refractivity contribution in [2.75, 3.05) is 12.4 Å². The molecule has 1 aromatic carbocycles. The topological polar surface area (TPSA) is 73.5 Å². The molecule has 0 bridgehead atoms. The molecule has 0 aliphatic heterocycles. The molecule has 120 valence electrons. The van der Waals surface area contributed by atoms with Gasteiger partial charge < -0.3 is 9.84 Å². The Bertz CT molecular complexity index is 720. The Balaban J connectivity index is 2.47. The molecule has 22 heavy (non-hydrogen) atoms. The van der Waals surface area contributed by atoms with Crippen LogP contribution in [0.15, 0.2) is 23.0 Å². The molecule has 0 unspecified atom stereocenters. The zero-order valence-corrected chi connectivity index (χ0v) is 14.0. The molecular formula is C15H19BrN2O4. The monoisotopic (exact) mass is 370 g/mol. The molecule has 0 saturated heterocycles. The average molecular weight is 371 g/mol. The van der Waals surface area contributed by atoms with Crippen LogP contribution in [0.5, 0.6) is 5.75 Å². The summed E-state index contributed by atoms with van der Waals surface area (Å²) in [4.78, 5) is 23.4. The van der Waals surface area contributed by atoms with Crippen molar-refractivity contribution in [3.8, 4) is 5.75 Å². The predicted molar refractivity (Wildman–Crippen MR) is 88.0 cm³/mol. The third kappa shape index (κ3) is 3.52. The molecule has 0 radical (unpaired) electrons. The highest BCUT2D eigenvalue weighted by Gasteiger charge is 2.14. The number of nitrogens with zero attached hydrogens (tertiary/aromatic N) is 2. The second-order valence-electron chi connectivity index (χ2n) is 4.98. The average Bonchev–Trinajstić information content (AvgIpc) is 2.77. The van der Waals surface area contributed by atoms with Crippen LogP contribution in [0.3, 0.4) is 0 Å². The van der Waals surface area contributed by atoms with Crippen LogP contribution >= 0.6 is 15.9 Å². The van der Waals surface area contributed by atoms with Crippen LogP contribution in [0.1, 0.15) is 19.3 Å². The van der Waals surface area contributed by atoms with Gasteiger partial charge in [0.05, 0.1) is 24.6 Å². The number of rotatable bonds is 8. The molecule has 0 spiro atoms. The Hall–Kier alpha value is -1.76. The third-order valence-corrected chi connectivity index (χ3v) is 4.10. The van der Waals surface area contributed by atoms with Gasteiger partial charge in [-0.2, -0.15) is 0 Å². The molecule has 0 aliphatic carbocycles. The Morgan fingerprint density at radius 3 is 2.59 bits per heavy atom. The van der Waals surface area contributed by atoms with E-state index in [1.165, 1.54) is 4.57 Å². The van der Waals surface area contributed by atoms with Gasteiger partial charge in [-0.3, -0.25) is 13.9 Å². The maximum Gasteiger partial charge on any atom is 0.329 e.